The van der Waals surface area contributed by atoms with Gasteiger partial charge in [-0.3, -0.25) is 4.79 Å². The van der Waals surface area contributed by atoms with Crippen LogP contribution in [0.15, 0.2) is 53.4 Å². The molecule has 0 saturated carbocycles. The number of carbonyl (C=O) groups excluding carboxylic acids is 1. The van der Waals surface area contributed by atoms with Crippen molar-refractivity contribution in [3.63, 3.8) is 0 Å². The Morgan fingerprint density at radius 3 is 2.27 bits per heavy atom. The molecule has 0 atom stereocenters. The topological polar surface area (TPSA) is 69.7 Å². The summed E-state index contributed by atoms with van der Waals surface area (Å²) < 4.78 is 25.8. The molecule has 1 aliphatic heterocycles. The van der Waals surface area contributed by atoms with Crippen LogP contribution in [0.4, 0.5) is 5.69 Å². The summed E-state index contributed by atoms with van der Waals surface area (Å²) in [4.78, 5) is 16.8. The van der Waals surface area contributed by atoms with Gasteiger partial charge in [0.1, 0.15) is 0 Å². The Labute approximate surface area is 158 Å². The first kappa shape index (κ1) is 18.7. The van der Waals surface area contributed by atoms with Gasteiger partial charge in [0.05, 0.1) is 4.90 Å². The molecule has 0 bridgehead atoms. The highest BCUT2D eigenvalue weighted by molar-refractivity contribution is 7.89. The van der Waals surface area contributed by atoms with Gasteiger partial charge in [0, 0.05) is 42.5 Å². The van der Waals surface area contributed by atoms with Crippen LogP contribution in [0.3, 0.4) is 0 Å². The van der Waals surface area contributed by atoms with Gasteiger partial charge in [0.25, 0.3) is 5.91 Å². The van der Waals surface area contributed by atoms with Crippen molar-refractivity contribution in [2.75, 3.05) is 38.1 Å². The molecule has 2 aromatic rings. The molecule has 6 nitrogen and oxygen atoms in total. The van der Waals surface area contributed by atoms with Gasteiger partial charge in [-0.05, 0) is 49.5 Å². The lowest BCUT2D eigenvalue weighted by Crippen LogP contribution is -2.48. The molecule has 3 rings (SSSR count). The third-order valence-electron chi connectivity index (χ3n) is 4.42. The van der Waals surface area contributed by atoms with Crippen LogP contribution < -0.4 is 9.62 Å². The van der Waals surface area contributed by atoms with Crippen molar-refractivity contribution in [2.45, 2.75) is 4.90 Å². The molecule has 1 aliphatic rings. The number of rotatable bonds is 4. The lowest BCUT2D eigenvalue weighted by Gasteiger charge is -2.36. The number of carbonyl (C=O) groups is 1. The second-order valence-corrected chi connectivity index (χ2v) is 8.31. The fraction of sp³-hybridized carbons (Fsp3) is 0.278. The van der Waals surface area contributed by atoms with Crippen molar-refractivity contribution in [3.05, 3.63) is 59.1 Å². The molecule has 1 N–H and O–H groups in total. The van der Waals surface area contributed by atoms with E-state index in [9.17, 15) is 13.2 Å². The lowest BCUT2D eigenvalue weighted by atomic mass is 10.1. The number of hydrogen-bond acceptors (Lipinski definition) is 4. The first-order chi connectivity index (χ1) is 12.4. The zero-order valence-electron chi connectivity index (χ0n) is 14.4. The molecule has 0 spiro atoms. The molecule has 8 heteroatoms. The van der Waals surface area contributed by atoms with Gasteiger partial charge in [0.2, 0.25) is 10.0 Å². The average molecular weight is 394 g/mol. The molecule has 1 amide bonds. The van der Waals surface area contributed by atoms with Crippen LogP contribution in [0, 0.1) is 0 Å². The third-order valence-corrected chi connectivity index (χ3v) is 6.09. The quantitative estimate of drug-likeness (QED) is 0.864. The second-order valence-electron chi connectivity index (χ2n) is 5.99. The lowest BCUT2D eigenvalue weighted by molar-refractivity contribution is 0.0746. The summed E-state index contributed by atoms with van der Waals surface area (Å²) in [6, 6.07) is 13.7. The van der Waals surface area contributed by atoms with Crippen molar-refractivity contribution >= 4 is 33.2 Å². The van der Waals surface area contributed by atoms with E-state index in [1.165, 1.54) is 19.2 Å². The summed E-state index contributed by atoms with van der Waals surface area (Å²) >= 11 is 6.04. The molecule has 26 heavy (non-hydrogen) atoms. The monoisotopic (exact) mass is 393 g/mol. The van der Waals surface area contributed by atoms with E-state index in [2.05, 4.69) is 9.62 Å². The molecule has 138 valence electrons. The summed E-state index contributed by atoms with van der Waals surface area (Å²) in [6.45, 7) is 2.64. The highest BCUT2D eigenvalue weighted by atomic mass is 35.5. The number of sulfonamides is 1. The molecule has 2 aromatic carbocycles. The SMILES string of the molecule is CNS(=O)(=O)c1ccc(C(=O)N2CCN(c3cccc(Cl)c3)CC2)cc1. The van der Waals surface area contributed by atoms with Gasteiger partial charge in [-0.15, -0.1) is 0 Å². The van der Waals surface area contributed by atoms with Crippen molar-refractivity contribution in [2.24, 2.45) is 0 Å². The predicted molar refractivity (Wildman–Crippen MR) is 102 cm³/mol. The summed E-state index contributed by atoms with van der Waals surface area (Å²) in [5.41, 5.74) is 1.53. The highest BCUT2D eigenvalue weighted by Gasteiger charge is 2.23. The van der Waals surface area contributed by atoms with Gasteiger partial charge in [-0.1, -0.05) is 17.7 Å². The van der Waals surface area contributed by atoms with Gasteiger partial charge < -0.3 is 9.80 Å². The van der Waals surface area contributed by atoms with Crippen LogP contribution in [0.5, 0.6) is 0 Å². The molecule has 0 aliphatic carbocycles. The summed E-state index contributed by atoms with van der Waals surface area (Å²) in [5, 5.41) is 0.692. The molecular weight excluding hydrogens is 374 g/mol. The van der Waals surface area contributed by atoms with E-state index in [1.807, 2.05) is 24.3 Å². The fourth-order valence-corrected chi connectivity index (χ4v) is 3.83. The van der Waals surface area contributed by atoms with E-state index in [0.29, 0.717) is 23.7 Å². The minimum Gasteiger partial charge on any atom is -0.368 e. The van der Waals surface area contributed by atoms with Crippen LogP contribution in [0.25, 0.3) is 0 Å². The van der Waals surface area contributed by atoms with E-state index in [0.717, 1.165) is 18.8 Å². The number of halogens is 1. The molecule has 1 heterocycles. The summed E-state index contributed by atoms with van der Waals surface area (Å²) in [7, 11) is -2.14. The minimum absolute atomic E-state index is 0.0934. The van der Waals surface area contributed by atoms with Crippen LogP contribution in [-0.4, -0.2) is 52.5 Å². The van der Waals surface area contributed by atoms with E-state index >= 15 is 0 Å². The molecule has 0 unspecified atom stereocenters. The number of piperazine rings is 1. The molecule has 0 aromatic heterocycles. The normalized spacial score (nSPS) is 15.2. The summed E-state index contributed by atoms with van der Waals surface area (Å²) in [5.74, 6) is -0.0934. The van der Waals surface area contributed by atoms with E-state index in [4.69, 9.17) is 11.6 Å². The molecule has 1 fully saturated rings. The van der Waals surface area contributed by atoms with Crippen LogP contribution >= 0.6 is 11.6 Å². The average Bonchev–Trinajstić information content (AvgIpc) is 2.67. The zero-order valence-corrected chi connectivity index (χ0v) is 15.9. The number of benzene rings is 2. The maximum Gasteiger partial charge on any atom is 0.253 e. The standard InChI is InChI=1S/C18H20ClN3O3S/c1-20-26(24,25)17-7-5-14(6-8-17)18(23)22-11-9-21(10-12-22)16-4-2-3-15(19)13-16/h2-8,13,20H,9-12H2,1H3. The van der Waals surface area contributed by atoms with Gasteiger partial charge in [-0.25, -0.2) is 13.1 Å². The minimum atomic E-state index is -3.50. The Bertz CT molecular complexity index is 892. The van der Waals surface area contributed by atoms with E-state index < -0.39 is 10.0 Å². The van der Waals surface area contributed by atoms with E-state index in [1.54, 1.807) is 17.0 Å². The van der Waals surface area contributed by atoms with Crippen LogP contribution in [0.2, 0.25) is 5.02 Å². The third kappa shape index (κ3) is 4.00. The number of nitrogens with zero attached hydrogens (tertiary/aromatic N) is 2. The van der Waals surface area contributed by atoms with Gasteiger partial charge in [-0.2, -0.15) is 0 Å². The van der Waals surface area contributed by atoms with Crippen molar-refractivity contribution in [3.8, 4) is 0 Å². The largest absolute Gasteiger partial charge is 0.368 e. The maximum atomic E-state index is 12.6. The Morgan fingerprint density at radius 1 is 1.04 bits per heavy atom. The smallest absolute Gasteiger partial charge is 0.253 e. The van der Waals surface area contributed by atoms with Crippen molar-refractivity contribution in [1.82, 2.24) is 9.62 Å². The Kier molecular flexibility index (Phi) is 5.50. The molecular formula is C18H20ClN3O3S. The number of amides is 1. The Hall–Kier alpha value is -2.09. The highest BCUT2D eigenvalue weighted by Crippen LogP contribution is 2.21. The number of anilines is 1. The number of hydrogen-bond donors (Lipinski definition) is 1. The van der Waals surface area contributed by atoms with Crippen LogP contribution in [0.1, 0.15) is 10.4 Å². The first-order valence-corrected chi connectivity index (χ1v) is 10.1. The number of nitrogens with one attached hydrogen (secondary N) is 1. The predicted octanol–water partition coefficient (Wildman–Crippen LogP) is 2.21. The van der Waals surface area contributed by atoms with Gasteiger partial charge in [0.15, 0.2) is 0 Å². The van der Waals surface area contributed by atoms with Crippen molar-refractivity contribution in [1.29, 1.82) is 0 Å². The fourth-order valence-electron chi connectivity index (χ4n) is 2.92. The Morgan fingerprint density at radius 2 is 1.69 bits per heavy atom. The summed E-state index contributed by atoms with van der Waals surface area (Å²) in [6.07, 6.45) is 0. The first-order valence-electron chi connectivity index (χ1n) is 8.24. The van der Waals surface area contributed by atoms with E-state index in [-0.39, 0.29) is 10.8 Å². The van der Waals surface area contributed by atoms with Crippen LogP contribution in [-0.2, 0) is 10.0 Å². The zero-order chi connectivity index (χ0) is 18.7. The van der Waals surface area contributed by atoms with Gasteiger partial charge >= 0.3 is 0 Å². The Balaban J connectivity index is 1.65. The maximum absolute atomic E-state index is 12.6. The van der Waals surface area contributed by atoms with Crippen molar-refractivity contribution < 1.29 is 13.2 Å². The molecule has 1 saturated heterocycles. The molecule has 0 radical (unpaired) electrons. The second kappa shape index (κ2) is 7.65.